The summed E-state index contributed by atoms with van der Waals surface area (Å²) in [5, 5.41) is 4.10. The van der Waals surface area contributed by atoms with Crippen LogP contribution in [-0.4, -0.2) is 22.6 Å². The van der Waals surface area contributed by atoms with Crippen LogP contribution in [0.5, 0.6) is 0 Å². The fraction of sp³-hybridized carbons (Fsp3) is 0.286. The van der Waals surface area contributed by atoms with Crippen LogP contribution < -0.4 is 4.90 Å². The number of carbonyl (C=O) groups is 1. The minimum atomic E-state index is -0.0749. The van der Waals surface area contributed by atoms with E-state index in [0.29, 0.717) is 24.7 Å². The van der Waals surface area contributed by atoms with Gasteiger partial charge >= 0.3 is 0 Å². The molecule has 0 bridgehead atoms. The number of benzene rings is 2. The van der Waals surface area contributed by atoms with Gasteiger partial charge in [-0.05, 0) is 38.0 Å². The zero-order chi connectivity index (χ0) is 18.3. The molecule has 0 spiro atoms. The highest BCUT2D eigenvalue weighted by Gasteiger charge is 2.35. The molecule has 5 heteroatoms. The second-order valence-corrected chi connectivity index (χ2v) is 7.02. The third-order valence-electron chi connectivity index (χ3n) is 4.88. The van der Waals surface area contributed by atoms with Gasteiger partial charge < -0.3 is 9.42 Å². The molecule has 1 saturated heterocycles. The molecule has 26 heavy (non-hydrogen) atoms. The van der Waals surface area contributed by atoms with E-state index in [2.05, 4.69) is 22.3 Å². The molecular weight excluding hydrogens is 326 g/mol. The predicted molar refractivity (Wildman–Crippen MR) is 100 cm³/mol. The average Bonchev–Trinajstić information content (AvgIpc) is 3.25. The molecule has 0 aliphatic carbocycles. The summed E-state index contributed by atoms with van der Waals surface area (Å²) in [6, 6.07) is 14.2. The molecule has 1 fully saturated rings. The first kappa shape index (κ1) is 16.5. The summed E-state index contributed by atoms with van der Waals surface area (Å²) in [4.78, 5) is 18.9. The molecule has 0 unspecified atom stereocenters. The maximum atomic E-state index is 12.6. The van der Waals surface area contributed by atoms with Crippen molar-refractivity contribution in [3.8, 4) is 11.4 Å². The summed E-state index contributed by atoms with van der Waals surface area (Å²) in [6.45, 7) is 6.67. The van der Waals surface area contributed by atoms with Crippen LogP contribution in [0.25, 0.3) is 11.4 Å². The summed E-state index contributed by atoms with van der Waals surface area (Å²) in [5.41, 5.74) is 5.30. The van der Waals surface area contributed by atoms with Crippen LogP contribution in [0, 0.1) is 20.8 Å². The van der Waals surface area contributed by atoms with Gasteiger partial charge in [-0.1, -0.05) is 47.1 Å². The first-order valence-electron chi connectivity index (χ1n) is 8.79. The van der Waals surface area contributed by atoms with Crippen molar-refractivity contribution in [2.45, 2.75) is 33.1 Å². The lowest BCUT2D eigenvalue weighted by molar-refractivity contribution is -0.117. The third kappa shape index (κ3) is 3.01. The van der Waals surface area contributed by atoms with Gasteiger partial charge in [-0.25, -0.2) is 0 Å². The molecule has 2 heterocycles. The molecule has 1 aromatic heterocycles. The van der Waals surface area contributed by atoms with Crippen molar-refractivity contribution in [2.75, 3.05) is 11.4 Å². The zero-order valence-electron chi connectivity index (χ0n) is 15.2. The van der Waals surface area contributed by atoms with E-state index in [1.54, 1.807) is 0 Å². The first-order valence-corrected chi connectivity index (χ1v) is 8.79. The summed E-state index contributed by atoms with van der Waals surface area (Å²) < 4.78 is 5.48. The Hall–Kier alpha value is -2.95. The summed E-state index contributed by atoms with van der Waals surface area (Å²) in [5.74, 6) is 1.12. The number of amides is 1. The predicted octanol–water partition coefficient (Wildman–Crippen LogP) is 4.18. The Kier molecular flexibility index (Phi) is 4.07. The van der Waals surface area contributed by atoms with Crippen LogP contribution >= 0.6 is 0 Å². The second kappa shape index (κ2) is 6.41. The number of aryl methyl sites for hydroxylation is 3. The molecule has 5 nitrogen and oxygen atoms in total. The normalized spacial score (nSPS) is 17.1. The number of hydrogen-bond donors (Lipinski definition) is 0. The molecule has 0 radical (unpaired) electrons. The Morgan fingerprint density at radius 3 is 2.54 bits per heavy atom. The molecule has 1 aliphatic heterocycles. The Balaban J connectivity index is 1.58. The van der Waals surface area contributed by atoms with E-state index >= 15 is 0 Å². The van der Waals surface area contributed by atoms with Gasteiger partial charge in [-0.2, -0.15) is 4.98 Å². The second-order valence-electron chi connectivity index (χ2n) is 7.02. The highest BCUT2D eigenvalue weighted by molar-refractivity contribution is 5.97. The van der Waals surface area contributed by atoms with Gasteiger partial charge in [0.05, 0.1) is 5.92 Å². The summed E-state index contributed by atoms with van der Waals surface area (Å²) >= 11 is 0. The Morgan fingerprint density at radius 2 is 1.77 bits per heavy atom. The molecular formula is C21H21N3O2. The van der Waals surface area contributed by atoms with Crippen molar-refractivity contribution in [1.29, 1.82) is 0 Å². The Bertz CT molecular complexity index is 960. The Morgan fingerprint density at radius 1 is 1.04 bits per heavy atom. The van der Waals surface area contributed by atoms with E-state index < -0.39 is 0 Å². The maximum absolute atomic E-state index is 12.6. The lowest BCUT2D eigenvalue weighted by atomic mass is 10.1. The van der Waals surface area contributed by atoms with E-state index in [9.17, 15) is 4.79 Å². The van der Waals surface area contributed by atoms with E-state index in [4.69, 9.17) is 4.52 Å². The molecule has 1 aliphatic rings. The largest absolute Gasteiger partial charge is 0.339 e. The van der Waals surface area contributed by atoms with Gasteiger partial charge in [0.1, 0.15) is 0 Å². The molecule has 1 atom stereocenters. The summed E-state index contributed by atoms with van der Waals surface area (Å²) in [7, 11) is 0. The molecule has 0 saturated carbocycles. The number of rotatable bonds is 3. The monoisotopic (exact) mass is 347 g/mol. The van der Waals surface area contributed by atoms with E-state index in [1.165, 1.54) is 5.56 Å². The topological polar surface area (TPSA) is 59.2 Å². The average molecular weight is 347 g/mol. The van der Waals surface area contributed by atoms with Crippen molar-refractivity contribution < 1.29 is 9.32 Å². The molecule has 4 rings (SSSR count). The van der Waals surface area contributed by atoms with Gasteiger partial charge in [0.25, 0.3) is 0 Å². The van der Waals surface area contributed by atoms with Gasteiger partial charge in [0.15, 0.2) is 0 Å². The lowest BCUT2D eigenvalue weighted by Crippen LogP contribution is -2.25. The molecule has 0 N–H and O–H groups in total. The number of anilines is 1. The lowest BCUT2D eigenvalue weighted by Gasteiger charge is -2.19. The van der Waals surface area contributed by atoms with Crippen LogP contribution in [0.15, 0.2) is 47.0 Å². The highest BCUT2D eigenvalue weighted by atomic mass is 16.5. The van der Waals surface area contributed by atoms with Crippen molar-refractivity contribution in [1.82, 2.24) is 10.1 Å². The van der Waals surface area contributed by atoms with Crippen LogP contribution in [0.2, 0.25) is 0 Å². The summed E-state index contributed by atoms with van der Waals surface area (Å²) in [6.07, 6.45) is 0.392. The van der Waals surface area contributed by atoms with Crippen molar-refractivity contribution in [3.05, 3.63) is 65.0 Å². The minimum absolute atomic E-state index is 0.0749. The third-order valence-corrected chi connectivity index (χ3v) is 4.88. The van der Waals surface area contributed by atoms with Crippen LogP contribution in [0.4, 0.5) is 5.69 Å². The maximum Gasteiger partial charge on any atom is 0.232 e. The van der Waals surface area contributed by atoms with Gasteiger partial charge in [0, 0.05) is 24.2 Å². The SMILES string of the molecule is Cc1ccc(-c2noc([C@H]3CC(=O)N(c4cc(C)ccc4C)C3)n2)cc1. The molecule has 3 aromatic rings. The zero-order valence-corrected chi connectivity index (χ0v) is 15.2. The number of aromatic nitrogens is 2. The number of carbonyl (C=O) groups excluding carboxylic acids is 1. The van der Waals surface area contributed by atoms with Crippen LogP contribution in [0.3, 0.4) is 0 Å². The quantitative estimate of drug-likeness (QED) is 0.713. The molecule has 1 amide bonds. The number of hydrogen-bond acceptors (Lipinski definition) is 4. The number of nitrogens with zero attached hydrogens (tertiary/aromatic N) is 3. The minimum Gasteiger partial charge on any atom is -0.339 e. The van der Waals surface area contributed by atoms with Crippen molar-refractivity contribution in [2.24, 2.45) is 0 Å². The van der Waals surface area contributed by atoms with E-state index in [-0.39, 0.29) is 11.8 Å². The fourth-order valence-corrected chi connectivity index (χ4v) is 3.34. The van der Waals surface area contributed by atoms with Crippen molar-refractivity contribution in [3.63, 3.8) is 0 Å². The van der Waals surface area contributed by atoms with Gasteiger partial charge in [0.2, 0.25) is 17.6 Å². The van der Waals surface area contributed by atoms with Crippen molar-refractivity contribution >= 4 is 11.6 Å². The van der Waals surface area contributed by atoms with Crippen LogP contribution in [-0.2, 0) is 4.79 Å². The molecule has 132 valence electrons. The van der Waals surface area contributed by atoms with Crippen LogP contribution in [0.1, 0.15) is 34.9 Å². The van der Waals surface area contributed by atoms with Gasteiger partial charge in [-0.15, -0.1) is 0 Å². The molecule has 2 aromatic carbocycles. The first-order chi connectivity index (χ1) is 12.5. The smallest absolute Gasteiger partial charge is 0.232 e. The Labute approximate surface area is 152 Å². The highest BCUT2D eigenvalue weighted by Crippen LogP contribution is 2.33. The van der Waals surface area contributed by atoms with E-state index in [1.807, 2.05) is 56.0 Å². The van der Waals surface area contributed by atoms with Gasteiger partial charge in [-0.3, -0.25) is 4.79 Å². The standard InChI is InChI=1S/C21H21N3O2/c1-13-5-8-16(9-6-13)20-22-21(26-23-20)17-11-19(25)24(12-17)18-10-14(2)4-7-15(18)3/h4-10,17H,11-12H2,1-3H3/t17-/m0/s1. The van der Waals surface area contributed by atoms with E-state index in [0.717, 1.165) is 22.4 Å². The fourth-order valence-electron chi connectivity index (χ4n) is 3.34.